The Morgan fingerprint density at radius 3 is 3.04 bits per heavy atom. The number of pyridine rings is 1. The first kappa shape index (κ1) is 16.3. The lowest BCUT2D eigenvalue weighted by molar-refractivity contribution is 0.250. The van der Waals surface area contributed by atoms with Crippen molar-refractivity contribution in [1.29, 1.82) is 0 Å². The summed E-state index contributed by atoms with van der Waals surface area (Å²) in [7, 11) is 0. The Morgan fingerprint density at radius 2 is 2.30 bits per heavy atom. The molecule has 2 aliphatic rings. The van der Waals surface area contributed by atoms with Crippen LogP contribution in [0.3, 0.4) is 0 Å². The molecule has 1 saturated heterocycles. The van der Waals surface area contributed by atoms with Crippen LogP contribution in [0, 0.1) is 5.82 Å². The van der Waals surface area contributed by atoms with E-state index >= 15 is 4.39 Å². The van der Waals surface area contributed by atoms with Crippen LogP contribution >= 0.6 is 11.5 Å². The maximum Gasteiger partial charge on any atom is 0.236 e. The molecule has 2 N–H and O–H groups in total. The third-order valence-electron chi connectivity index (χ3n) is 5.18. The molecule has 2 aromatic heterocycles. The van der Waals surface area contributed by atoms with E-state index in [-0.39, 0.29) is 28.4 Å². The number of hydrogen-bond donors (Lipinski definition) is 2. The summed E-state index contributed by atoms with van der Waals surface area (Å²) in [5.74, 6) is -0.621. The Labute approximate surface area is 155 Å². The minimum atomic E-state index is -0.586. The number of halogens is 1. The summed E-state index contributed by atoms with van der Waals surface area (Å²) in [6.07, 6.45) is 0.526. The molecule has 0 amide bonds. The zero-order valence-electron chi connectivity index (χ0n) is 14.3. The van der Waals surface area contributed by atoms with Gasteiger partial charge in [0.25, 0.3) is 0 Å². The van der Waals surface area contributed by atoms with Crippen LogP contribution in [0.1, 0.15) is 19.4 Å². The number of aromatic nitrogens is 2. The summed E-state index contributed by atoms with van der Waals surface area (Å²) in [6.45, 7) is 3.00. The molecule has 1 atom stereocenters. The second-order valence-electron chi connectivity index (χ2n) is 6.82. The maximum absolute atomic E-state index is 15.1. The molecule has 1 fully saturated rings. The molecule has 27 heavy (non-hydrogen) atoms. The van der Waals surface area contributed by atoms with Crippen molar-refractivity contribution in [3.63, 3.8) is 0 Å². The van der Waals surface area contributed by atoms with Gasteiger partial charge in [-0.05, 0) is 24.5 Å². The molecule has 0 bridgehead atoms. The SMILES string of the molecule is CC1COc2c(N3CC/C(=N/O)C3)c(F)cc3c(=O)c4c(O)nsc4n1c23. The van der Waals surface area contributed by atoms with E-state index < -0.39 is 11.2 Å². The molecule has 8 nitrogen and oxygen atoms in total. The number of oxime groups is 1. The Kier molecular flexibility index (Phi) is 3.36. The van der Waals surface area contributed by atoms with Crippen LogP contribution in [0.5, 0.6) is 11.6 Å². The summed E-state index contributed by atoms with van der Waals surface area (Å²) in [6, 6.07) is 1.08. The maximum atomic E-state index is 15.1. The Balaban J connectivity index is 1.90. The first-order chi connectivity index (χ1) is 13.0. The lowest BCUT2D eigenvalue weighted by atomic mass is 10.1. The van der Waals surface area contributed by atoms with Gasteiger partial charge in [0.05, 0.1) is 29.2 Å². The summed E-state index contributed by atoms with van der Waals surface area (Å²) in [4.78, 5) is 15.2. The van der Waals surface area contributed by atoms with Gasteiger partial charge in [0, 0.05) is 13.0 Å². The first-order valence-electron chi connectivity index (χ1n) is 8.47. The van der Waals surface area contributed by atoms with E-state index in [0.717, 1.165) is 11.5 Å². The normalized spacial score (nSPS) is 20.7. The number of aromatic hydroxyl groups is 1. The third-order valence-corrected chi connectivity index (χ3v) is 6.02. The smallest absolute Gasteiger partial charge is 0.236 e. The Hall–Kier alpha value is -2.88. The van der Waals surface area contributed by atoms with Crippen molar-refractivity contribution in [3.05, 3.63) is 22.1 Å². The molecule has 10 heteroatoms. The molecule has 0 saturated carbocycles. The number of fused-ring (bicyclic) bond motifs is 2. The van der Waals surface area contributed by atoms with Crippen molar-refractivity contribution >= 4 is 44.1 Å². The highest BCUT2D eigenvalue weighted by Crippen LogP contribution is 2.44. The van der Waals surface area contributed by atoms with Gasteiger partial charge in [0.15, 0.2) is 11.6 Å². The molecule has 1 aromatic carbocycles. The van der Waals surface area contributed by atoms with Crippen LogP contribution in [-0.4, -0.2) is 44.7 Å². The van der Waals surface area contributed by atoms with E-state index in [1.54, 1.807) is 4.90 Å². The summed E-state index contributed by atoms with van der Waals surface area (Å²) >= 11 is 1.03. The van der Waals surface area contributed by atoms with E-state index in [4.69, 9.17) is 9.94 Å². The highest BCUT2D eigenvalue weighted by atomic mass is 32.1. The van der Waals surface area contributed by atoms with Crippen molar-refractivity contribution in [3.8, 4) is 11.6 Å². The topological polar surface area (TPSA) is 100 Å². The molecular weight excluding hydrogens is 375 g/mol. The number of nitrogens with zero attached hydrogens (tertiary/aromatic N) is 4. The fourth-order valence-electron chi connectivity index (χ4n) is 3.94. The average Bonchev–Trinajstić information content (AvgIpc) is 3.27. The minimum Gasteiger partial charge on any atom is -0.492 e. The molecule has 0 radical (unpaired) electrons. The molecule has 3 aromatic rings. The van der Waals surface area contributed by atoms with Gasteiger partial charge in [-0.15, -0.1) is 0 Å². The van der Waals surface area contributed by atoms with Crippen LogP contribution < -0.4 is 15.1 Å². The van der Waals surface area contributed by atoms with E-state index in [1.165, 1.54) is 6.07 Å². The van der Waals surface area contributed by atoms with E-state index in [1.807, 2.05) is 11.5 Å². The lowest BCUT2D eigenvalue weighted by Gasteiger charge is -2.31. The van der Waals surface area contributed by atoms with E-state index in [9.17, 15) is 9.90 Å². The minimum absolute atomic E-state index is 0.107. The van der Waals surface area contributed by atoms with Crippen molar-refractivity contribution in [2.75, 3.05) is 24.6 Å². The van der Waals surface area contributed by atoms with Gasteiger partial charge in [0.2, 0.25) is 11.3 Å². The van der Waals surface area contributed by atoms with Crippen LogP contribution in [0.2, 0.25) is 0 Å². The predicted octanol–water partition coefficient (Wildman–Crippen LogP) is 2.45. The van der Waals surface area contributed by atoms with Gasteiger partial charge in [-0.2, -0.15) is 4.37 Å². The fraction of sp³-hybridized carbons (Fsp3) is 0.353. The van der Waals surface area contributed by atoms with Gasteiger partial charge in [0.1, 0.15) is 22.5 Å². The number of ether oxygens (including phenoxy) is 1. The van der Waals surface area contributed by atoms with Crippen molar-refractivity contribution in [2.45, 2.75) is 19.4 Å². The van der Waals surface area contributed by atoms with Crippen LogP contribution in [0.4, 0.5) is 10.1 Å². The summed E-state index contributed by atoms with van der Waals surface area (Å²) in [5.41, 5.74) is 0.854. The van der Waals surface area contributed by atoms with Gasteiger partial charge in [-0.25, -0.2) is 4.39 Å². The van der Waals surface area contributed by atoms with E-state index in [0.29, 0.717) is 47.9 Å². The standard InChI is InChI=1S/C17H15FN4O4S/c1-7-6-26-15-12-9(14(23)11-16(24)20-27-17(11)22(7)12)4-10(18)13(15)21-3-2-8(5-21)19-25/h4,7,25H,2-3,5-6H2,1H3,(H,20,24)/b19-8-. The first-order valence-corrected chi connectivity index (χ1v) is 9.25. The molecule has 4 heterocycles. The van der Waals surface area contributed by atoms with Gasteiger partial charge in [-0.3, -0.25) is 4.79 Å². The van der Waals surface area contributed by atoms with Crippen molar-refractivity contribution in [1.82, 2.24) is 8.94 Å². The molecule has 2 aliphatic heterocycles. The molecule has 1 unspecified atom stereocenters. The molecular formula is C17H15FN4O4S. The predicted molar refractivity (Wildman–Crippen MR) is 99.3 cm³/mol. The zero-order valence-corrected chi connectivity index (χ0v) is 15.1. The molecule has 140 valence electrons. The summed E-state index contributed by atoms with van der Waals surface area (Å²) < 4.78 is 26.8. The Morgan fingerprint density at radius 1 is 1.48 bits per heavy atom. The molecule has 5 rings (SSSR count). The highest BCUT2D eigenvalue weighted by Gasteiger charge is 2.33. The number of benzene rings is 1. The molecule has 0 spiro atoms. The zero-order chi connectivity index (χ0) is 18.9. The van der Waals surface area contributed by atoms with E-state index in [2.05, 4.69) is 9.53 Å². The highest BCUT2D eigenvalue weighted by molar-refractivity contribution is 7.13. The van der Waals surface area contributed by atoms with Crippen molar-refractivity contribution < 1.29 is 19.4 Å². The quantitative estimate of drug-likeness (QED) is 0.489. The second kappa shape index (κ2) is 5.56. The van der Waals surface area contributed by atoms with Gasteiger partial charge >= 0.3 is 0 Å². The van der Waals surface area contributed by atoms with Gasteiger partial charge < -0.3 is 24.5 Å². The largest absolute Gasteiger partial charge is 0.492 e. The van der Waals surface area contributed by atoms with Gasteiger partial charge in [-0.1, -0.05) is 5.16 Å². The average molecular weight is 390 g/mol. The number of hydrogen-bond acceptors (Lipinski definition) is 8. The summed E-state index contributed by atoms with van der Waals surface area (Å²) in [5, 5.41) is 22.5. The van der Waals surface area contributed by atoms with Crippen molar-refractivity contribution in [2.24, 2.45) is 5.16 Å². The second-order valence-corrected chi connectivity index (χ2v) is 7.57. The monoisotopic (exact) mass is 390 g/mol. The molecule has 0 aliphatic carbocycles. The third kappa shape index (κ3) is 2.10. The van der Waals surface area contributed by atoms with Crippen LogP contribution in [0.15, 0.2) is 16.0 Å². The number of anilines is 1. The fourth-order valence-corrected chi connectivity index (χ4v) is 4.84. The Bertz CT molecular complexity index is 1200. The lowest BCUT2D eigenvalue weighted by Crippen LogP contribution is -2.27. The number of rotatable bonds is 1. The van der Waals surface area contributed by atoms with Crippen LogP contribution in [0.25, 0.3) is 21.1 Å². The van der Waals surface area contributed by atoms with Crippen LogP contribution in [-0.2, 0) is 0 Å².